The molecule has 0 radical (unpaired) electrons. The van der Waals surface area contributed by atoms with Crippen LogP contribution in [0, 0.1) is 11.8 Å². The van der Waals surface area contributed by atoms with E-state index in [1.54, 1.807) is 42.8 Å². The molecule has 11 atom stereocenters. The highest BCUT2D eigenvalue weighted by atomic mass is 32.2. The monoisotopic (exact) mass is 1530 g/mol. The van der Waals surface area contributed by atoms with Crippen LogP contribution in [-0.4, -0.2) is 205 Å². The fourth-order valence-electron chi connectivity index (χ4n) is 11.9. The molecule has 604 valence electrons. The molecule has 2 aromatic carbocycles. The fraction of sp³-hybridized carbons (Fsp3) is 0.630. The molecule has 34 nitrogen and oxygen atoms in total. The van der Waals surface area contributed by atoms with E-state index in [-0.39, 0.29) is 140 Å². The number of benzene rings is 2. The summed E-state index contributed by atoms with van der Waals surface area (Å²) in [6.45, 7) is 8.72. The molecule has 0 fully saturated rings. The third-order valence-corrected chi connectivity index (χ3v) is 18.4. The Bertz CT molecular complexity index is 3340. The van der Waals surface area contributed by atoms with Crippen molar-refractivity contribution in [3.05, 3.63) is 71.9 Å². The largest absolute Gasteiger partial charge is 0.480 e. The number of fused-ring (bicyclic) bond motifs is 1. The second-order valence-corrected chi connectivity index (χ2v) is 28.9. The van der Waals surface area contributed by atoms with Gasteiger partial charge in [-0.1, -0.05) is 76.2 Å². The van der Waals surface area contributed by atoms with Gasteiger partial charge in [-0.3, -0.25) is 57.9 Å². The first-order valence-corrected chi connectivity index (χ1v) is 39.0. The van der Waals surface area contributed by atoms with Gasteiger partial charge in [0.15, 0.2) is 11.9 Å². The number of aliphatic carboxylic acids is 1. The lowest BCUT2D eigenvalue weighted by molar-refractivity contribution is -0.142. The summed E-state index contributed by atoms with van der Waals surface area (Å²) in [6.07, 6.45) is 7.62. The number of unbranched alkanes of at least 4 members (excludes halogenated alkanes) is 4. The second-order valence-electron chi connectivity index (χ2n) is 27.9. The zero-order valence-electron chi connectivity index (χ0n) is 63.5. The average Bonchev–Trinajstić information content (AvgIpc) is 1.60. The van der Waals surface area contributed by atoms with Gasteiger partial charge < -0.3 is 115 Å². The summed E-state index contributed by atoms with van der Waals surface area (Å²) < 4.78 is 0. The number of amides is 10. The van der Waals surface area contributed by atoms with Crippen molar-refractivity contribution in [3.63, 3.8) is 0 Å². The maximum atomic E-state index is 15.1. The third kappa shape index (κ3) is 36.2. The van der Waals surface area contributed by atoms with Gasteiger partial charge in [0.1, 0.15) is 60.4 Å². The van der Waals surface area contributed by atoms with E-state index in [0.29, 0.717) is 74.7 Å². The Kier molecular flexibility index (Phi) is 44.8. The molecule has 3 aromatic rings. The van der Waals surface area contributed by atoms with Gasteiger partial charge in [-0.15, -0.1) is 0 Å². The van der Waals surface area contributed by atoms with Crippen LogP contribution in [0.1, 0.15) is 161 Å². The van der Waals surface area contributed by atoms with Crippen molar-refractivity contribution in [1.82, 2.24) is 58.2 Å². The Morgan fingerprint density at radius 3 is 1.14 bits per heavy atom. The summed E-state index contributed by atoms with van der Waals surface area (Å²) >= 11 is 1.38. The molecule has 1 heterocycles. The van der Waals surface area contributed by atoms with Gasteiger partial charge in [-0.25, -0.2) is 4.79 Å². The van der Waals surface area contributed by atoms with Crippen molar-refractivity contribution in [2.75, 3.05) is 51.3 Å². The summed E-state index contributed by atoms with van der Waals surface area (Å²) in [5.74, 6) is -9.04. The van der Waals surface area contributed by atoms with Gasteiger partial charge in [0, 0.05) is 43.0 Å². The summed E-state index contributed by atoms with van der Waals surface area (Å²) in [4.78, 5) is 169. The zero-order valence-corrected chi connectivity index (χ0v) is 64.3. The number of carboxylic acids is 1. The molecule has 0 aliphatic carbocycles. The van der Waals surface area contributed by atoms with E-state index in [2.05, 4.69) is 68.1 Å². The number of carboxylic acid groups (broad SMARTS) is 1. The number of aromatic nitrogens is 1. The van der Waals surface area contributed by atoms with Gasteiger partial charge in [-0.2, -0.15) is 11.8 Å². The molecule has 0 saturated heterocycles. The standard InChI is InChI=1S/C73H124N22O12S/c1-44(2)39-49(78)61(96)86-55(29-19-36-83-72(79)80)64(99)88-54(28-14-18-35-77)66(101)95-60(42-47-43-85-50-24-10-9-23-48(47)50)70(105)93-58(40-45(3)4)68(103)89-52(26-12-16-33-75)63(98)91-56(31-38-108-5)67(102)94-59(41-46-21-7-6-8-22-46)69(104)90-51(25-11-15-32-74)62(97)87-53(27-13-17-34-76)65(100)92-57(71(106)107)30-20-37-84-73(81)82/h6-10,21-24,43-45,49,51-60,85H,11-20,25-42,74-78H2,1-5H3,(H,86,96)(H,87,97)(H,88,99)(H,89,103)(H,90,104)(H,91,98)(H,92,100)(H,93,105)(H,94,102)(H,95,101)(H,106,107)(H4,79,80,83)(H4,81,82,84)/t49-,51-,52-,53-,54-,55-,56-,57-,58-,59-,60-/m0/s1. The van der Waals surface area contributed by atoms with Gasteiger partial charge in [0.25, 0.3) is 0 Å². The first-order chi connectivity index (χ1) is 51.5. The number of rotatable bonds is 56. The number of guanidine groups is 2. The quantitative estimate of drug-likeness (QED) is 0.0177. The molecule has 0 spiro atoms. The number of nitrogens with two attached hydrogens (primary N) is 9. The Morgan fingerprint density at radius 1 is 0.407 bits per heavy atom. The van der Waals surface area contributed by atoms with Crippen molar-refractivity contribution in [2.24, 2.45) is 73.4 Å². The molecule has 35 heteroatoms. The Labute approximate surface area is 638 Å². The van der Waals surface area contributed by atoms with Crippen molar-refractivity contribution in [3.8, 4) is 0 Å². The summed E-state index contributed by atoms with van der Waals surface area (Å²) in [7, 11) is 0. The molecule has 10 amide bonds. The number of thioether (sulfide) groups is 1. The van der Waals surface area contributed by atoms with Crippen molar-refractivity contribution in [2.45, 2.75) is 229 Å². The molecular formula is C73H124N22O12S. The molecule has 3 rings (SSSR count). The van der Waals surface area contributed by atoms with E-state index in [9.17, 15) is 53.1 Å². The number of para-hydroxylation sites is 1. The van der Waals surface area contributed by atoms with Crippen LogP contribution in [-0.2, 0) is 65.6 Å². The summed E-state index contributed by atoms with van der Waals surface area (Å²) in [5.41, 5.74) is 53.7. The van der Waals surface area contributed by atoms with Crippen molar-refractivity contribution in [1.29, 1.82) is 0 Å². The van der Waals surface area contributed by atoms with E-state index in [1.807, 2.05) is 52.0 Å². The number of hydrogen-bond acceptors (Lipinski definition) is 19. The first-order valence-electron chi connectivity index (χ1n) is 37.6. The molecule has 30 N–H and O–H groups in total. The van der Waals surface area contributed by atoms with Crippen molar-refractivity contribution >= 4 is 99.6 Å². The van der Waals surface area contributed by atoms with E-state index in [1.165, 1.54) is 11.8 Å². The van der Waals surface area contributed by atoms with Crippen LogP contribution in [0.5, 0.6) is 0 Å². The van der Waals surface area contributed by atoms with Crippen LogP contribution >= 0.6 is 11.8 Å². The molecule has 1 aromatic heterocycles. The van der Waals surface area contributed by atoms with Crippen LogP contribution in [0.2, 0.25) is 0 Å². The fourth-order valence-corrected chi connectivity index (χ4v) is 12.4. The molecule has 0 aliphatic rings. The van der Waals surface area contributed by atoms with Crippen LogP contribution in [0.25, 0.3) is 10.9 Å². The molecule has 108 heavy (non-hydrogen) atoms. The van der Waals surface area contributed by atoms with E-state index >= 15 is 4.79 Å². The predicted octanol–water partition coefficient (Wildman–Crippen LogP) is -1.32. The maximum absolute atomic E-state index is 15.1. The Morgan fingerprint density at radius 2 is 0.741 bits per heavy atom. The number of nitrogens with zero attached hydrogens (tertiary/aromatic N) is 2. The highest BCUT2D eigenvalue weighted by Crippen LogP contribution is 2.21. The van der Waals surface area contributed by atoms with Gasteiger partial charge >= 0.3 is 5.97 Å². The van der Waals surface area contributed by atoms with Gasteiger partial charge in [-0.05, 0) is 189 Å². The SMILES string of the molecule is CSCC[C@H](NC(=O)[C@H](CCCCN)NC(=O)[C@H](CC(C)C)NC(=O)[C@H](Cc1c[nH]c2ccccc12)NC(=O)[C@H](CCCCN)NC(=O)[C@H](CCCN=C(N)N)NC(=O)[C@@H](N)CC(C)C)C(=O)N[C@@H](Cc1ccccc1)C(=O)N[C@@H](CCCCN)C(=O)N[C@@H](CCCCN)C(=O)N[C@@H](CCCN=C(N)N)C(=O)O. The summed E-state index contributed by atoms with van der Waals surface area (Å²) in [6, 6.07) is 1.97. The average molecular weight is 1530 g/mol. The number of aromatic amines is 1. The Balaban J connectivity index is 2.05. The van der Waals surface area contributed by atoms with Gasteiger partial charge in [0.2, 0.25) is 59.1 Å². The van der Waals surface area contributed by atoms with Crippen LogP contribution in [0.3, 0.4) is 0 Å². The molecule has 0 saturated carbocycles. The highest BCUT2D eigenvalue weighted by molar-refractivity contribution is 7.98. The van der Waals surface area contributed by atoms with Crippen LogP contribution < -0.4 is 105 Å². The van der Waals surface area contributed by atoms with Crippen LogP contribution in [0.15, 0.2) is 70.8 Å². The van der Waals surface area contributed by atoms with Crippen LogP contribution in [0.4, 0.5) is 0 Å². The maximum Gasteiger partial charge on any atom is 0.326 e. The number of aliphatic imine (C=N–C) groups is 2. The zero-order chi connectivity index (χ0) is 80.1. The molecule has 0 aliphatic heterocycles. The minimum absolute atomic E-state index is 0.0269. The van der Waals surface area contributed by atoms with Crippen molar-refractivity contribution < 1.29 is 57.8 Å². The summed E-state index contributed by atoms with van der Waals surface area (Å²) in [5, 5.41) is 38.6. The topological polar surface area (TPSA) is 603 Å². The lowest BCUT2D eigenvalue weighted by atomic mass is 9.99. The number of hydrogen-bond donors (Lipinski definition) is 21. The molecule has 0 bridgehead atoms. The highest BCUT2D eigenvalue weighted by Gasteiger charge is 2.37. The van der Waals surface area contributed by atoms with E-state index < -0.39 is 132 Å². The van der Waals surface area contributed by atoms with Gasteiger partial charge in [0.05, 0.1) is 6.04 Å². The number of carbonyl (C=O) groups is 11. The number of carbonyl (C=O) groups excluding carboxylic acids is 10. The lowest BCUT2D eigenvalue weighted by Gasteiger charge is -2.29. The van der Waals surface area contributed by atoms with E-state index in [0.717, 1.165) is 10.9 Å². The number of H-pyrrole nitrogens is 1. The molecule has 0 unspecified atom stereocenters. The minimum atomic E-state index is -1.40. The third-order valence-electron chi connectivity index (χ3n) is 17.8. The predicted molar refractivity (Wildman–Crippen MR) is 420 cm³/mol. The second kappa shape index (κ2) is 52.0. The number of nitrogens with one attached hydrogen (secondary N) is 11. The minimum Gasteiger partial charge on any atom is -0.480 e. The van der Waals surface area contributed by atoms with E-state index in [4.69, 9.17) is 51.6 Å². The first kappa shape index (κ1) is 93.0. The molecular weight excluding hydrogens is 1410 g/mol. The smallest absolute Gasteiger partial charge is 0.326 e. The normalized spacial score (nSPS) is 14.3. The lowest BCUT2D eigenvalue weighted by Crippen LogP contribution is -2.61. The Hall–Kier alpha value is -9.16.